The summed E-state index contributed by atoms with van der Waals surface area (Å²) in [6.07, 6.45) is 6.65. The molecule has 1 rings (SSSR count). The average Bonchev–Trinajstić information content (AvgIpc) is 2.14. The van der Waals surface area contributed by atoms with Gasteiger partial charge in [-0.15, -0.1) is 0 Å². The molecule has 0 bridgehead atoms. The zero-order chi connectivity index (χ0) is 8.65. The van der Waals surface area contributed by atoms with E-state index in [9.17, 15) is 0 Å². The van der Waals surface area contributed by atoms with E-state index in [1.165, 1.54) is 25.7 Å². The minimum Gasteiger partial charge on any atom is -0.379 e. The van der Waals surface area contributed by atoms with Crippen LogP contribution in [-0.2, 0) is 9.47 Å². The molecule has 12 heavy (non-hydrogen) atoms. The molecular weight excluding hydrogens is 152 g/mol. The third-order valence-electron chi connectivity index (χ3n) is 2.35. The van der Waals surface area contributed by atoms with Gasteiger partial charge in [0, 0.05) is 6.61 Å². The van der Waals surface area contributed by atoms with Crippen molar-refractivity contribution in [2.24, 2.45) is 0 Å². The molecule has 0 aliphatic carbocycles. The van der Waals surface area contributed by atoms with Gasteiger partial charge in [0.1, 0.15) is 0 Å². The highest BCUT2D eigenvalue weighted by molar-refractivity contribution is 4.57. The Balaban J connectivity index is 2.17. The fourth-order valence-corrected chi connectivity index (χ4v) is 1.53. The largest absolute Gasteiger partial charge is 0.379 e. The summed E-state index contributed by atoms with van der Waals surface area (Å²) in [7, 11) is 0. The quantitative estimate of drug-likeness (QED) is 0.604. The summed E-state index contributed by atoms with van der Waals surface area (Å²) >= 11 is 0. The van der Waals surface area contributed by atoms with Crippen LogP contribution in [0.2, 0.25) is 0 Å². The lowest BCUT2D eigenvalue weighted by atomic mass is 10.1. The summed E-state index contributed by atoms with van der Waals surface area (Å²) in [5, 5.41) is 0. The monoisotopic (exact) mass is 172 g/mol. The van der Waals surface area contributed by atoms with E-state index in [4.69, 9.17) is 9.47 Å². The van der Waals surface area contributed by atoms with Crippen LogP contribution in [0.1, 0.15) is 39.0 Å². The van der Waals surface area contributed by atoms with E-state index in [1.54, 1.807) is 0 Å². The molecule has 2 heteroatoms. The topological polar surface area (TPSA) is 18.5 Å². The smallest absolute Gasteiger partial charge is 0.0704 e. The Labute approximate surface area is 75.2 Å². The first-order valence-corrected chi connectivity index (χ1v) is 5.13. The Hall–Kier alpha value is -0.0800. The summed E-state index contributed by atoms with van der Waals surface area (Å²) in [6, 6.07) is 0. The highest BCUT2D eigenvalue weighted by Crippen LogP contribution is 2.11. The molecule has 72 valence electrons. The van der Waals surface area contributed by atoms with Crippen molar-refractivity contribution in [2.75, 3.05) is 19.8 Å². The van der Waals surface area contributed by atoms with Crippen LogP contribution in [0.3, 0.4) is 0 Å². The summed E-state index contributed by atoms with van der Waals surface area (Å²) in [5.74, 6) is 0. The van der Waals surface area contributed by atoms with Gasteiger partial charge in [-0.3, -0.25) is 0 Å². The maximum atomic E-state index is 5.64. The molecule has 2 nitrogen and oxygen atoms in total. The molecule has 1 heterocycles. The Kier molecular flexibility index (Phi) is 5.37. The van der Waals surface area contributed by atoms with Gasteiger partial charge in [0.25, 0.3) is 0 Å². The van der Waals surface area contributed by atoms with Gasteiger partial charge < -0.3 is 9.47 Å². The first-order valence-electron chi connectivity index (χ1n) is 5.13. The second-order valence-electron chi connectivity index (χ2n) is 3.36. The van der Waals surface area contributed by atoms with Crippen LogP contribution in [0, 0.1) is 0 Å². The van der Waals surface area contributed by atoms with Gasteiger partial charge in [0.15, 0.2) is 0 Å². The molecule has 0 aromatic carbocycles. The Bertz CT molecular complexity index is 94.0. The Morgan fingerprint density at radius 3 is 2.83 bits per heavy atom. The van der Waals surface area contributed by atoms with Gasteiger partial charge >= 0.3 is 0 Å². The fraction of sp³-hybridized carbons (Fsp3) is 1.00. The van der Waals surface area contributed by atoms with Crippen molar-refractivity contribution in [3.63, 3.8) is 0 Å². The van der Waals surface area contributed by atoms with E-state index >= 15 is 0 Å². The van der Waals surface area contributed by atoms with E-state index in [0.29, 0.717) is 6.10 Å². The van der Waals surface area contributed by atoms with Crippen LogP contribution < -0.4 is 0 Å². The Morgan fingerprint density at radius 2 is 2.00 bits per heavy atom. The SMILES string of the molecule is CCC1CCCCCOCCO1. The molecule has 0 spiro atoms. The van der Waals surface area contributed by atoms with Crippen molar-refractivity contribution in [3.8, 4) is 0 Å². The second-order valence-corrected chi connectivity index (χ2v) is 3.36. The van der Waals surface area contributed by atoms with E-state index in [2.05, 4.69) is 6.92 Å². The van der Waals surface area contributed by atoms with Gasteiger partial charge in [-0.1, -0.05) is 19.8 Å². The van der Waals surface area contributed by atoms with Crippen molar-refractivity contribution in [1.29, 1.82) is 0 Å². The number of rotatable bonds is 1. The second kappa shape index (κ2) is 6.44. The van der Waals surface area contributed by atoms with Gasteiger partial charge in [-0.2, -0.15) is 0 Å². The van der Waals surface area contributed by atoms with Crippen LogP contribution in [0.5, 0.6) is 0 Å². The molecule has 0 radical (unpaired) electrons. The minimum atomic E-state index is 0.478. The molecule has 0 saturated carbocycles. The molecule has 1 fully saturated rings. The van der Waals surface area contributed by atoms with Crippen molar-refractivity contribution >= 4 is 0 Å². The lowest BCUT2D eigenvalue weighted by molar-refractivity contribution is -0.00770. The van der Waals surface area contributed by atoms with E-state index < -0.39 is 0 Å². The molecular formula is C10H20O2. The minimum absolute atomic E-state index is 0.478. The summed E-state index contributed by atoms with van der Waals surface area (Å²) in [5.41, 5.74) is 0. The standard InChI is InChI=1S/C10H20O2/c1-2-10-6-4-3-5-7-11-8-9-12-10/h10H,2-9H2,1H3. The van der Waals surface area contributed by atoms with E-state index in [0.717, 1.165) is 26.2 Å². The molecule has 0 N–H and O–H groups in total. The molecule has 1 unspecified atom stereocenters. The third-order valence-corrected chi connectivity index (χ3v) is 2.35. The van der Waals surface area contributed by atoms with Crippen molar-refractivity contribution in [3.05, 3.63) is 0 Å². The van der Waals surface area contributed by atoms with Crippen LogP contribution in [0.25, 0.3) is 0 Å². The van der Waals surface area contributed by atoms with E-state index in [-0.39, 0.29) is 0 Å². The predicted molar refractivity (Wildman–Crippen MR) is 49.3 cm³/mol. The summed E-state index contributed by atoms with van der Waals surface area (Å²) < 4.78 is 11.0. The zero-order valence-electron chi connectivity index (χ0n) is 8.05. The normalized spacial score (nSPS) is 28.2. The van der Waals surface area contributed by atoms with Crippen molar-refractivity contribution in [1.82, 2.24) is 0 Å². The Morgan fingerprint density at radius 1 is 1.08 bits per heavy atom. The predicted octanol–water partition coefficient (Wildman–Crippen LogP) is 2.37. The lowest BCUT2D eigenvalue weighted by Gasteiger charge is -2.17. The summed E-state index contributed by atoms with van der Waals surface area (Å²) in [4.78, 5) is 0. The molecule has 1 aliphatic heterocycles. The number of ether oxygens (including phenoxy) is 2. The molecule has 0 aromatic heterocycles. The summed E-state index contributed by atoms with van der Waals surface area (Å²) in [6.45, 7) is 4.66. The van der Waals surface area contributed by atoms with Crippen molar-refractivity contribution in [2.45, 2.75) is 45.1 Å². The molecule has 0 aromatic rings. The van der Waals surface area contributed by atoms with Crippen LogP contribution >= 0.6 is 0 Å². The number of hydrogen-bond acceptors (Lipinski definition) is 2. The molecule has 1 saturated heterocycles. The molecule has 1 aliphatic rings. The number of hydrogen-bond donors (Lipinski definition) is 0. The van der Waals surface area contributed by atoms with E-state index in [1.807, 2.05) is 0 Å². The van der Waals surface area contributed by atoms with Crippen LogP contribution in [0.15, 0.2) is 0 Å². The van der Waals surface area contributed by atoms with Gasteiger partial charge in [0.05, 0.1) is 19.3 Å². The highest BCUT2D eigenvalue weighted by atomic mass is 16.5. The first kappa shape index (κ1) is 10.0. The maximum Gasteiger partial charge on any atom is 0.0704 e. The van der Waals surface area contributed by atoms with Gasteiger partial charge in [-0.05, 0) is 19.3 Å². The van der Waals surface area contributed by atoms with Crippen LogP contribution in [0.4, 0.5) is 0 Å². The fourth-order valence-electron chi connectivity index (χ4n) is 1.53. The molecule has 1 atom stereocenters. The zero-order valence-corrected chi connectivity index (χ0v) is 8.05. The molecule has 0 amide bonds. The average molecular weight is 172 g/mol. The van der Waals surface area contributed by atoms with Gasteiger partial charge in [0.2, 0.25) is 0 Å². The maximum absolute atomic E-state index is 5.64. The lowest BCUT2D eigenvalue weighted by Crippen LogP contribution is -2.17. The third kappa shape index (κ3) is 4.07. The highest BCUT2D eigenvalue weighted by Gasteiger charge is 2.07. The van der Waals surface area contributed by atoms with Gasteiger partial charge in [-0.25, -0.2) is 0 Å². The van der Waals surface area contributed by atoms with Crippen LogP contribution in [-0.4, -0.2) is 25.9 Å². The van der Waals surface area contributed by atoms with Crippen molar-refractivity contribution < 1.29 is 9.47 Å². The first-order chi connectivity index (χ1) is 5.93.